The van der Waals surface area contributed by atoms with Crippen LogP contribution in [0.1, 0.15) is 43.0 Å². The minimum atomic E-state index is -0.495. The highest BCUT2D eigenvalue weighted by molar-refractivity contribution is 9.10. The summed E-state index contributed by atoms with van der Waals surface area (Å²) in [5.74, 6) is -0.00415. The van der Waals surface area contributed by atoms with Gasteiger partial charge in [-0.1, -0.05) is 53.7 Å². The molecule has 8 heteroatoms. The number of ether oxygens (including phenoxy) is 2. The minimum Gasteiger partial charge on any atom is -0.493 e. The van der Waals surface area contributed by atoms with Crippen LogP contribution < -0.4 is 20.3 Å². The van der Waals surface area contributed by atoms with E-state index >= 15 is 0 Å². The molecule has 0 spiro atoms. The highest BCUT2D eigenvalue weighted by Crippen LogP contribution is 2.23. The first-order chi connectivity index (χ1) is 14.0. The van der Waals surface area contributed by atoms with Crippen molar-refractivity contribution >= 4 is 39.3 Å². The van der Waals surface area contributed by atoms with Gasteiger partial charge in [0.05, 0.1) is 12.2 Å². The standard InChI is InChI=1S/C21H24BrClN2O4/c1-2-3-4-5-12-28-19-11-6-15(22)13-18(19)21(27)25-24-20(26)14-29-17-9-7-16(23)8-10-17/h6-11,13H,2-5,12,14H2,1H3,(H,24,26)(H,25,27). The molecule has 2 aromatic carbocycles. The summed E-state index contributed by atoms with van der Waals surface area (Å²) in [6.07, 6.45) is 4.30. The molecule has 2 N–H and O–H groups in total. The van der Waals surface area contributed by atoms with Crippen LogP contribution in [0, 0.1) is 0 Å². The maximum Gasteiger partial charge on any atom is 0.276 e. The Kier molecular flexibility index (Phi) is 9.80. The number of nitrogens with one attached hydrogen (secondary N) is 2. The molecule has 0 aliphatic heterocycles. The quantitative estimate of drug-likeness (QED) is 0.372. The van der Waals surface area contributed by atoms with E-state index in [9.17, 15) is 9.59 Å². The molecule has 0 fully saturated rings. The van der Waals surface area contributed by atoms with Crippen molar-refractivity contribution in [3.63, 3.8) is 0 Å². The SMILES string of the molecule is CCCCCCOc1ccc(Br)cc1C(=O)NNC(=O)COc1ccc(Cl)cc1. The van der Waals surface area contributed by atoms with Crippen molar-refractivity contribution < 1.29 is 19.1 Å². The highest BCUT2D eigenvalue weighted by atomic mass is 79.9. The summed E-state index contributed by atoms with van der Waals surface area (Å²) < 4.78 is 11.8. The van der Waals surface area contributed by atoms with Crippen LogP contribution in [0.4, 0.5) is 0 Å². The number of amides is 2. The molecule has 0 bridgehead atoms. The van der Waals surface area contributed by atoms with Gasteiger partial charge in [0.15, 0.2) is 6.61 Å². The number of carbonyl (C=O) groups is 2. The number of hydrazine groups is 1. The molecular weight excluding hydrogens is 460 g/mol. The second-order valence-corrected chi connectivity index (χ2v) is 7.65. The van der Waals surface area contributed by atoms with Crippen molar-refractivity contribution in [1.29, 1.82) is 0 Å². The third-order valence-corrected chi connectivity index (χ3v) is 4.69. The molecule has 0 atom stereocenters. The lowest BCUT2D eigenvalue weighted by Gasteiger charge is -2.13. The van der Waals surface area contributed by atoms with E-state index < -0.39 is 11.8 Å². The molecule has 0 heterocycles. The van der Waals surface area contributed by atoms with Crippen molar-refractivity contribution in [2.24, 2.45) is 0 Å². The molecule has 2 rings (SSSR count). The topological polar surface area (TPSA) is 76.7 Å². The third-order valence-electron chi connectivity index (χ3n) is 3.94. The van der Waals surface area contributed by atoms with E-state index in [2.05, 4.69) is 33.7 Å². The molecule has 2 aromatic rings. The van der Waals surface area contributed by atoms with Crippen LogP contribution in [-0.4, -0.2) is 25.0 Å². The van der Waals surface area contributed by atoms with Gasteiger partial charge >= 0.3 is 0 Å². The number of carbonyl (C=O) groups excluding carboxylic acids is 2. The summed E-state index contributed by atoms with van der Waals surface area (Å²) >= 11 is 9.15. The molecule has 0 saturated carbocycles. The van der Waals surface area contributed by atoms with Gasteiger partial charge < -0.3 is 9.47 Å². The minimum absolute atomic E-state index is 0.249. The molecule has 0 unspecified atom stereocenters. The average Bonchev–Trinajstić information content (AvgIpc) is 2.72. The van der Waals surface area contributed by atoms with E-state index in [4.69, 9.17) is 21.1 Å². The Labute approximate surface area is 184 Å². The molecule has 0 aromatic heterocycles. The fraction of sp³-hybridized carbons (Fsp3) is 0.333. The molecule has 2 amide bonds. The predicted molar refractivity (Wildman–Crippen MR) is 116 cm³/mol. The Morgan fingerprint density at radius 3 is 2.48 bits per heavy atom. The fourth-order valence-electron chi connectivity index (χ4n) is 2.43. The van der Waals surface area contributed by atoms with Crippen LogP contribution in [0.25, 0.3) is 0 Å². The van der Waals surface area contributed by atoms with Crippen LogP contribution in [0.3, 0.4) is 0 Å². The normalized spacial score (nSPS) is 10.3. The van der Waals surface area contributed by atoms with Gasteiger partial charge in [0.25, 0.3) is 11.8 Å². The number of benzene rings is 2. The average molecular weight is 484 g/mol. The molecule has 0 aliphatic rings. The Balaban J connectivity index is 1.84. The molecule has 0 radical (unpaired) electrons. The summed E-state index contributed by atoms with van der Waals surface area (Å²) in [5.41, 5.74) is 5.04. The Morgan fingerprint density at radius 1 is 1.00 bits per heavy atom. The van der Waals surface area contributed by atoms with Crippen molar-refractivity contribution in [2.45, 2.75) is 32.6 Å². The zero-order valence-electron chi connectivity index (χ0n) is 16.2. The van der Waals surface area contributed by atoms with Crippen molar-refractivity contribution in [2.75, 3.05) is 13.2 Å². The van der Waals surface area contributed by atoms with E-state index in [1.807, 2.05) is 0 Å². The first kappa shape index (κ1) is 23.0. The fourth-order valence-corrected chi connectivity index (χ4v) is 2.91. The lowest BCUT2D eigenvalue weighted by Crippen LogP contribution is -2.44. The molecular formula is C21H24BrClN2O4. The largest absolute Gasteiger partial charge is 0.493 e. The maximum absolute atomic E-state index is 12.5. The second-order valence-electron chi connectivity index (χ2n) is 6.29. The third kappa shape index (κ3) is 8.33. The van der Waals surface area contributed by atoms with Crippen molar-refractivity contribution in [3.8, 4) is 11.5 Å². The van der Waals surface area contributed by atoms with Gasteiger partial charge in [0, 0.05) is 9.50 Å². The molecule has 0 saturated heterocycles. The van der Waals surface area contributed by atoms with Crippen molar-refractivity contribution in [1.82, 2.24) is 10.9 Å². The van der Waals surface area contributed by atoms with E-state index in [1.165, 1.54) is 0 Å². The van der Waals surface area contributed by atoms with E-state index in [0.29, 0.717) is 28.7 Å². The number of unbranched alkanes of at least 4 members (excludes halogenated alkanes) is 3. The van der Waals surface area contributed by atoms with Crippen LogP contribution in [0.15, 0.2) is 46.9 Å². The number of halogens is 2. The molecule has 29 heavy (non-hydrogen) atoms. The smallest absolute Gasteiger partial charge is 0.276 e. The van der Waals surface area contributed by atoms with Crippen LogP contribution >= 0.6 is 27.5 Å². The zero-order chi connectivity index (χ0) is 21.1. The lowest BCUT2D eigenvalue weighted by atomic mass is 10.2. The van der Waals surface area contributed by atoms with Crippen LogP contribution in [-0.2, 0) is 4.79 Å². The summed E-state index contributed by atoms with van der Waals surface area (Å²) in [6, 6.07) is 11.8. The molecule has 0 aliphatic carbocycles. The van der Waals surface area contributed by atoms with Gasteiger partial charge in [0.2, 0.25) is 0 Å². The number of hydrogen-bond donors (Lipinski definition) is 2. The van der Waals surface area contributed by atoms with Gasteiger partial charge in [-0.3, -0.25) is 20.4 Å². The Bertz CT molecular complexity index is 815. The first-order valence-corrected chi connectivity index (χ1v) is 10.6. The van der Waals surface area contributed by atoms with Crippen molar-refractivity contribution in [3.05, 3.63) is 57.5 Å². The van der Waals surface area contributed by atoms with E-state index in [-0.39, 0.29) is 6.61 Å². The number of hydrogen-bond acceptors (Lipinski definition) is 4. The Morgan fingerprint density at radius 2 is 1.76 bits per heavy atom. The van der Waals surface area contributed by atoms with Crippen LogP contribution in [0.5, 0.6) is 11.5 Å². The molecule has 6 nitrogen and oxygen atoms in total. The number of rotatable bonds is 10. The summed E-state index contributed by atoms with van der Waals surface area (Å²) in [4.78, 5) is 24.4. The Hall–Kier alpha value is -2.25. The van der Waals surface area contributed by atoms with Gasteiger partial charge in [-0.05, 0) is 48.9 Å². The summed E-state index contributed by atoms with van der Waals surface area (Å²) in [6.45, 7) is 2.43. The van der Waals surface area contributed by atoms with Crippen LogP contribution in [0.2, 0.25) is 5.02 Å². The van der Waals surface area contributed by atoms with Gasteiger partial charge in [0.1, 0.15) is 11.5 Å². The lowest BCUT2D eigenvalue weighted by molar-refractivity contribution is -0.123. The summed E-state index contributed by atoms with van der Waals surface area (Å²) in [5, 5.41) is 0.575. The second kappa shape index (κ2) is 12.3. The monoisotopic (exact) mass is 482 g/mol. The van der Waals surface area contributed by atoms with Gasteiger partial charge in [-0.2, -0.15) is 0 Å². The van der Waals surface area contributed by atoms with E-state index in [0.717, 1.165) is 30.2 Å². The van der Waals surface area contributed by atoms with Gasteiger partial charge in [-0.15, -0.1) is 0 Å². The summed E-state index contributed by atoms with van der Waals surface area (Å²) in [7, 11) is 0. The first-order valence-electron chi connectivity index (χ1n) is 9.39. The van der Waals surface area contributed by atoms with Gasteiger partial charge in [-0.25, -0.2) is 0 Å². The zero-order valence-corrected chi connectivity index (χ0v) is 18.5. The maximum atomic E-state index is 12.5. The predicted octanol–water partition coefficient (Wildman–Crippen LogP) is 4.90. The highest BCUT2D eigenvalue weighted by Gasteiger charge is 2.14. The van der Waals surface area contributed by atoms with E-state index in [1.54, 1.807) is 42.5 Å². The molecule has 156 valence electrons.